The molecule has 2 rings (SSSR count). The highest BCUT2D eigenvalue weighted by Crippen LogP contribution is 2.39. The number of carbonyl (C=O) groups excluding carboxylic acids is 1. The summed E-state index contributed by atoms with van der Waals surface area (Å²) in [5.74, 6) is 0.251. The molecule has 0 aliphatic heterocycles. The van der Waals surface area contributed by atoms with Gasteiger partial charge in [0.2, 0.25) is 5.91 Å². The van der Waals surface area contributed by atoms with Crippen LogP contribution in [-0.4, -0.2) is 5.91 Å². The average molecular weight is 315 g/mol. The average Bonchev–Trinajstić information content (AvgIpc) is 2.67. The first-order valence-electron chi connectivity index (χ1n) is 5.23. The quantitative estimate of drug-likeness (QED) is 0.838. The molecule has 0 spiro atoms. The van der Waals surface area contributed by atoms with Crippen LogP contribution in [0.1, 0.15) is 30.7 Å². The highest BCUT2D eigenvalue weighted by atomic mass is 127. The van der Waals surface area contributed by atoms with Gasteiger partial charge in [0.15, 0.2) is 0 Å². The maximum Gasteiger partial charge on any atom is 0.221 e. The third kappa shape index (κ3) is 2.33. The molecule has 0 heterocycles. The molecule has 1 aliphatic carbocycles. The topological polar surface area (TPSA) is 43.1 Å². The Labute approximate surface area is 103 Å². The van der Waals surface area contributed by atoms with Crippen LogP contribution < -0.4 is 5.73 Å². The van der Waals surface area contributed by atoms with Crippen LogP contribution in [0.15, 0.2) is 24.3 Å². The second-order valence-electron chi connectivity index (χ2n) is 4.10. The summed E-state index contributed by atoms with van der Waals surface area (Å²) in [5.41, 5.74) is 6.68. The normalized spacial score (nSPS) is 25.4. The Bertz CT molecular complexity index is 360. The smallest absolute Gasteiger partial charge is 0.221 e. The molecule has 1 fully saturated rings. The summed E-state index contributed by atoms with van der Waals surface area (Å²) < 4.78 is 1.23. The van der Waals surface area contributed by atoms with E-state index in [4.69, 9.17) is 5.73 Å². The van der Waals surface area contributed by atoms with Crippen molar-refractivity contribution in [3.63, 3.8) is 0 Å². The minimum Gasteiger partial charge on any atom is -0.369 e. The highest BCUT2D eigenvalue weighted by molar-refractivity contribution is 14.1. The predicted molar refractivity (Wildman–Crippen MR) is 68.4 cm³/mol. The van der Waals surface area contributed by atoms with Crippen molar-refractivity contribution < 1.29 is 4.79 Å². The molecule has 0 aromatic heterocycles. The van der Waals surface area contributed by atoms with Crippen LogP contribution in [0.25, 0.3) is 0 Å². The molecule has 0 radical (unpaired) electrons. The van der Waals surface area contributed by atoms with Gasteiger partial charge in [-0.05, 0) is 59.0 Å². The summed E-state index contributed by atoms with van der Waals surface area (Å²) in [6.07, 6.45) is 3.16. The van der Waals surface area contributed by atoms with E-state index in [2.05, 4.69) is 46.9 Å². The van der Waals surface area contributed by atoms with Gasteiger partial charge in [-0.2, -0.15) is 0 Å². The Kier molecular flexibility index (Phi) is 3.29. The van der Waals surface area contributed by atoms with Crippen LogP contribution in [0.2, 0.25) is 0 Å². The molecule has 0 bridgehead atoms. The lowest BCUT2D eigenvalue weighted by Gasteiger charge is -2.16. The van der Waals surface area contributed by atoms with Crippen molar-refractivity contribution in [1.82, 2.24) is 0 Å². The monoisotopic (exact) mass is 315 g/mol. The van der Waals surface area contributed by atoms with Crippen LogP contribution in [0.4, 0.5) is 0 Å². The SMILES string of the molecule is NC(=O)C1CCCC1c1ccc(I)cc1. The van der Waals surface area contributed by atoms with Gasteiger partial charge in [-0.3, -0.25) is 4.79 Å². The van der Waals surface area contributed by atoms with Crippen molar-refractivity contribution in [2.24, 2.45) is 11.7 Å². The molecule has 1 saturated carbocycles. The first-order valence-corrected chi connectivity index (χ1v) is 6.31. The molecule has 3 heteroatoms. The molecule has 1 aromatic rings. The fraction of sp³-hybridized carbons (Fsp3) is 0.417. The summed E-state index contributed by atoms with van der Waals surface area (Å²) in [4.78, 5) is 11.3. The molecule has 1 aliphatic rings. The lowest BCUT2D eigenvalue weighted by Crippen LogP contribution is -2.25. The number of primary amides is 1. The van der Waals surface area contributed by atoms with Crippen LogP contribution in [0.5, 0.6) is 0 Å². The van der Waals surface area contributed by atoms with E-state index in [1.807, 2.05) is 0 Å². The first-order chi connectivity index (χ1) is 7.18. The molecule has 0 saturated heterocycles. The molecule has 1 aromatic carbocycles. The number of benzene rings is 1. The molecule has 1 amide bonds. The van der Waals surface area contributed by atoms with Gasteiger partial charge in [0, 0.05) is 9.49 Å². The minimum absolute atomic E-state index is 0.0464. The molecule has 2 unspecified atom stereocenters. The number of nitrogens with two attached hydrogens (primary N) is 1. The molecule has 2 N–H and O–H groups in total. The summed E-state index contributed by atoms with van der Waals surface area (Å²) >= 11 is 2.29. The van der Waals surface area contributed by atoms with E-state index in [0.717, 1.165) is 19.3 Å². The van der Waals surface area contributed by atoms with Crippen molar-refractivity contribution in [1.29, 1.82) is 0 Å². The van der Waals surface area contributed by atoms with Crippen LogP contribution in [0, 0.1) is 9.49 Å². The standard InChI is InChI=1S/C12H14INO/c13-9-6-4-8(5-7-9)10-2-1-3-11(10)12(14)15/h4-7,10-11H,1-3H2,(H2,14,15). The number of rotatable bonds is 2. The number of halogens is 1. The molecule has 15 heavy (non-hydrogen) atoms. The Morgan fingerprint density at radius 2 is 1.93 bits per heavy atom. The fourth-order valence-corrected chi connectivity index (χ4v) is 2.77. The van der Waals surface area contributed by atoms with Crippen molar-refractivity contribution in [3.8, 4) is 0 Å². The minimum atomic E-state index is -0.143. The van der Waals surface area contributed by atoms with Gasteiger partial charge in [0.25, 0.3) is 0 Å². The molecule has 2 atom stereocenters. The van der Waals surface area contributed by atoms with Crippen molar-refractivity contribution in [2.75, 3.05) is 0 Å². The van der Waals surface area contributed by atoms with E-state index in [-0.39, 0.29) is 11.8 Å². The van der Waals surface area contributed by atoms with E-state index in [9.17, 15) is 4.79 Å². The highest BCUT2D eigenvalue weighted by Gasteiger charge is 2.32. The molecular weight excluding hydrogens is 301 g/mol. The van der Waals surface area contributed by atoms with Gasteiger partial charge in [-0.1, -0.05) is 18.6 Å². The van der Waals surface area contributed by atoms with E-state index in [0.29, 0.717) is 5.92 Å². The fourth-order valence-electron chi connectivity index (χ4n) is 2.41. The Morgan fingerprint density at radius 3 is 2.53 bits per heavy atom. The molecular formula is C12H14INO. The van der Waals surface area contributed by atoms with Gasteiger partial charge in [-0.15, -0.1) is 0 Å². The zero-order valence-electron chi connectivity index (χ0n) is 8.45. The van der Waals surface area contributed by atoms with E-state index >= 15 is 0 Å². The lowest BCUT2D eigenvalue weighted by molar-refractivity contribution is -0.122. The molecule has 80 valence electrons. The summed E-state index contributed by atoms with van der Waals surface area (Å²) in [6, 6.07) is 8.42. The van der Waals surface area contributed by atoms with Crippen molar-refractivity contribution >= 4 is 28.5 Å². The van der Waals surface area contributed by atoms with E-state index < -0.39 is 0 Å². The van der Waals surface area contributed by atoms with Gasteiger partial charge in [0.1, 0.15) is 0 Å². The zero-order valence-corrected chi connectivity index (χ0v) is 10.6. The Hall–Kier alpha value is -0.580. The third-order valence-electron chi connectivity index (χ3n) is 3.18. The third-order valence-corrected chi connectivity index (χ3v) is 3.90. The summed E-state index contributed by atoms with van der Waals surface area (Å²) in [6.45, 7) is 0. The summed E-state index contributed by atoms with van der Waals surface area (Å²) in [7, 11) is 0. The van der Waals surface area contributed by atoms with Gasteiger partial charge in [-0.25, -0.2) is 0 Å². The number of hydrogen-bond donors (Lipinski definition) is 1. The zero-order chi connectivity index (χ0) is 10.8. The second kappa shape index (κ2) is 4.51. The predicted octanol–water partition coefficient (Wildman–Crippen LogP) is 2.66. The number of carbonyl (C=O) groups is 1. The van der Waals surface area contributed by atoms with Crippen molar-refractivity contribution in [2.45, 2.75) is 25.2 Å². The van der Waals surface area contributed by atoms with Crippen LogP contribution >= 0.6 is 22.6 Å². The van der Waals surface area contributed by atoms with Gasteiger partial charge in [0.05, 0.1) is 0 Å². The van der Waals surface area contributed by atoms with Gasteiger partial charge < -0.3 is 5.73 Å². The number of amides is 1. The van der Waals surface area contributed by atoms with E-state index in [1.54, 1.807) is 0 Å². The second-order valence-corrected chi connectivity index (χ2v) is 5.34. The first kappa shape index (κ1) is 10.9. The van der Waals surface area contributed by atoms with Crippen molar-refractivity contribution in [3.05, 3.63) is 33.4 Å². The number of hydrogen-bond acceptors (Lipinski definition) is 1. The maximum absolute atomic E-state index is 11.3. The Balaban J connectivity index is 2.22. The maximum atomic E-state index is 11.3. The summed E-state index contributed by atoms with van der Waals surface area (Å²) in [5, 5.41) is 0. The largest absolute Gasteiger partial charge is 0.369 e. The van der Waals surface area contributed by atoms with Crippen LogP contribution in [-0.2, 0) is 4.79 Å². The van der Waals surface area contributed by atoms with Gasteiger partial charge >= 0.3 is 0 Å². The molecule has 2 nitrogen and oxygen atoms in total. The van der Waals surface area contributed by atoms with E-state index in [1.165, 1.54) is 9.13 Å². The Morgan fingerprint density at radius 1 is 1.27 bits per heavy atom. The lowest BCUT2D eigenvalue weighted by atomic mass is 9.88. The van der Waals surface area contributed by atoms with Crippen LogP contribution in [0.3, 0.4) is 0 Å².